The van der Waals surface area contributed by atoms with Crippen LogP contribution in [0.25, 0.3) is 0 Å². The molecule has 1 aromatic rings. The lowest BCUT2D eigenvalue weighted by Crippen LogP contribution is -1.96. The second-order valence-electron chi connectivity index (χ2n) is 3.78. The van der Waals surface area contributed by atoms with E-state index in [9.17, 15) is 4.79 Å². The van der Waals surface area contributed by atoms with Crippen molar-refractivity contribution in [3.8, 4) is 5.75 Å². The summed E-state index contributed by atoms with van der Waals surface area (Å²) >= 11 is 0. The minimum atomic E-state index is -0.959. The molecule has 0 aliphatic rings. The van der Waals surface area contributed by atoms with E-state index in [2.05, 4.69) is 13.8 Å². The summed E-state index contributed by atoms with van der Waals surface area (Å²) in [5.74, 6) is 0.291. The Morgan fingerprint density at radius 3 is 2.50 bits per heavy atom. The zero-order valence-electron chi connectivity index (χ0n) is 9.51. The highest BCUT2D eigenvalue weighted by atomic mass is 16.5. The van der Waals surface area contributed by atoms with Crippen molar-refractivity contribution in [3.63, 3.8) is 0 Å². The van der Waals surface area contributed by atoms with Gasteiger partial charge in [0.2, 0.25) is 0 Å². The van der Waals surface area contributed by atoms with Gasteiger partial charge in [-0.2, -0.15) is 0 Å². The first-order valence-corrected chi connectivity index (χ1v) is 5.22. The van der Waals surface area contributed by atoms with E-state index < -0.39 is 5.97 Å². The maximum atomic E-state index is 10.2. The molecule has 0 radical (unpaired) electrons. The number of carbonyl (C=O) groups is 1. The number of carboxylic acids is 1. The van der Waals surface area contributed by atoms with Gasteiger partial charge < -0.3 is 9.84 Å². The number of hydrogen-bond acceptors (Lipinski definition) is 2. The van der Waals surface area contributed by atoms with E-state index in [-0.39, 0.29) is 6.61 Å². The number of benzene rings is 1. The molecular weight excluding hydrogens is 204 g/mol. The van der Waals surface area contributed by atoms with Gasteiger partial charge in [-0.05, 0) is 29.7 Å². The summed E-state index contributed by atoms with van der Waals surface area (Å²) in [6.07, 6.45) is 2.54. The summed E-state index contributed by atoms with van der Waals surface area (Å²) in [5, 5.41) is 8.37. The number of carboxylic acid groups (broad SMARTS) is 1. The van der Waals surface area contributed by atoms with Gasteiger partial charge in [0.1, 0.15) is 12.4 Å². The van der Waals surface area contributed by atoms with Crippen LogP contribution in [0, 0.1) is 0 Å². The van der Waals surface area contributed by atoms with Gasteiger partial charge in [-0.3, -0.25) is 0 Å². The molecule has 0 aliphatic carbocycles. The molecule has 16 heavy (non-hydrogen) atoms. The summed E-state index contributed by atoms with van der Waals surface area (Å²) < 4.78 is 5.34. The normalized spacial score (nSPS) is 10.9. The van der Waals surface area contributed by atoms with E-state index in [1.165, 1.54) is 11.6 Å². The van der Waals surface area contributed by atoms with Crippen molar-refractivity contribution < 1.29 is 14.6 Å². The maximum absolute atomic E-state index is 10.2. The Morgan fingerprint density at radius 1 is 1.38 bits per heavy atom. The lowest BCUT2D eigenvalue weighted by molar-refractivity contribution is -0.131. The Kier molecular flexibility index (Phi) is 4.58. The van der Waals surface area contributed by atoms with Crippen LogP contribution < -0.4 is 4.74 Å². The molecule has 0 heterocycles. The summed E-state index contributed by atoms with van der Waals surface area (Å²) in [5.41, 5.74) is 1.26. The van der Waals surface area contributed by atoms with Crippen LogP contribution in [0.2, 0.25) is 0 Å². The topological polar surface area (TPSA) is 46.5 Å². The van der Waals surface area contributed by atoms with Gasteiger partial charge in [0.25, 0.3) is 0 Å². The second-order valence-corrected chi connectivity index (χ2v) is 3.78. The fourth-order valence-electron chi connectivity index (χ4n) is 1.24. The summed E-state index contributed by atoms with van der Waals surface area (Å²) in [7, 11) is 0. The highest BCUT2D eigenvalue weighted by molar-refractivity contribution is 5.79. The van der Waals surface area contributed by atoms with Crippen LogP contribution in [0.1, 0.15) is 25.3 Å². The van der Waals surface area contributed by atoms with Crippen LogP contribution in [-0.2, 0) is 4.79 Å². The lowest BCUT2D eigenvalue weighted by atomic mass is 10.0. The van der Waals surface area contributed by atoms with E-state index in [1.807, 2.05) is 24.3 Å². The summed E-state index contributed by atoms with van der Waals surface area (Å²) in [4.78, 5) is 10.2. The first kappa shape index (κ1) is 12.3. The molecule has 1 aromatic carbocycles. The van der Waals surface area contributed by atoms with Crippen molar-refractivity contribution in [2.75, 3.05) is 6.61 Å². The standard InChI is InChI=1S/C13H16O3/c1-10(2)11-5-7-12(8-6-11)16-9-3-4-13(14)15/h3-8,10H,9H2,1-2H3,(H,14,15)/b4-3+. The molecule has 0 saturated heterocycles. The molecule has 3 heteroatoms. The average Bonchev–Trinajstić information content (AvgIpc) is 2.25. The predicted molar refractivity (Wildman–Crippen MR) is 62.8 cm³/mol. The molecule has 0 aliphatic heterocycles. The molecule has 0 amide bonds. The van der Waals surface area contributed by atoms with E-state index >= 15 is 0 Å². The van der Waals surface area contributed by atoms with Gasteiger partial charge in [-0.25, -0.2) is 4.79 Å². The first-order chi connectivity index (χ1) is 7.59. The van der Waals surface area contributed by atoms with Gasteiger partial charge in [-0.15, -0.1) is 0 Å². The Labute approximate surface area is 95.4 Å². The van der Waals surface area contributed by atoms with Crippen LogP contribution in [0.4, 0.5) is 0 Å². The molecule has 0 bridgehead atoms. The molecule has 0 fully saturated rings. The molecule has 1 N–H and O–H groups in total. The maximum Gasteiger partial charge on any atom is 0.328 e. The Morgan fingerprint density at radius 2 is 2.00 bits per heavy atom. The van der Waals surface area contributed by atoms with Crippen LogP contribution >= 0.6 is 0 Å². The van der Waals surface area contributed by atoms with Crippen molar-refractivity contribution >= 4 is 5.97 Å². The zero-order chi connectivity index (χ0) is 12.0. The molecule has 0 aromatic heterocycles. The minimum Gasteiger partial charge on any atom is -0.490 e. The number of hydrogen-bond donors (Lipinski definition) is 1. The minimum absolute atomic E-state index is 0.271. The molecular formula is C13H16O3. The lowest BCUT2D eigenvalue weighted by Gasteiger charge is -2.07. The van der Waals surface area contributed by atoms with Gasteiger partial charge in [0, 0.05) is 6.08 Å². The summed E-state index contributed by atoms with van der Waals surface area (Å²) in [6.45, 7) is 4.53. The van der Waals surface area contributed by atoms with Crippen LogP contribution in [-0.4, -0.2) is 17.7 Å². The SMILES string of the molecule is CC(C)c1ccc(OC/C=C/C(=O)O)cc1. The Balaban J connectivity index is 2.46. The number of aliphatic carboxylic acids is 1. The molecule has 1 rings (SSSR count). The molecule has 0 atom stereocenters. The molecule has 0 saturated carbocycles. The van der Waals surface area contributed by atoms with Gasteiger partial charge >= 0.3 is 5.97 Å². The van der Waals surface area contributed by atoms with Gasteiger partial charge in [0.05, 0.1) is 0 Å². The predicted octanol–water partition coefficient (Wildman–Crippen LogP) is 2.83. The third-order valence-electron chi connectivity index (χ3n) is 2.15. The van der Waals surface area contributed by atoms with Crippen LogP contribution in [0.15, 0.2) is 36.4 Å². The Hall–Kier alpha value is -1.77. The molecule has 3 nitrogen and oxygen atoms in total. The van der Waals surface area contributed by atoms with Crippen molar-refractivity contribution in [1.29, 1.82) is 0 Å². The highest BCUT2D eigenvalue weighted by Gasteiger charge is 1.98. The largest absolute Gasteiger partial charge is 0.490 e. The third-order valence-corrected chi connectivity index (χ3v) is 2.15. The fraction of sp³-hybridized carbons (Fsp3) is 0.308. The van der Waals surface area contributed by atoms with Gasteiger partial charge in [-0.1, -0.05) is 26.0 Å². The first-order valence-electron chi connectivity index (χ1n) is 5.22. The second kappa shape index (κ2) is 5.95. The monoisotopic (exact) mass is 220 g/mol. The molecule has 0 unspecified atom stereocenters. The quantitative estimate of drug-likeness (QED) is 0.776. The third kappa shape index (κ3) is 4.17. The van der Waals surface area contributed by atoms with Crippen LogP contribution in [0.3, 0.4) is 0 Å². The van der Waals surface area contributed by atoms with Crippen molar-refractivity contribution in [2.45, 2.75) is 19.8 Å². The van der Waals surface area contributed by atoms with E-state index in [1.54, 1.807) is 0 Å². The van der Waals surface area contributed by atoms with E-state index in [4.69, 9.17) is 9.84 Å². The smallest absolute Gasteiger partial charge is 0.328 e. The molecule has 86 valence electrons. The van der Waals surface area contributed by atoms with Crippen molar-refractivity contribution in [2.24, 2.45) is 0 Å². The molecule has 0 spiro atoms. The van der Waals surface area contributed by atoms with E-state index in [0.717, 1.165) is 11.8 Å². The Bertz CT molecular complexity index is 363. The summed E-state index contributed by atoms with van der Waals surface area (Å²) in [6, 6.07) is 7.82. The zero-order valence-corrected chi connectivity index (χ0v) is 9.51. The highest BCUT2D eigenvalue weighted by Crippen LogP contribution is 2.18. The van der Waals surface area contributed by atoms with Gasteiger partial charge in [0.15, 0.2) is 0 Å². The fourth-order valence-corrected chi connectivity index (χ4v) is 1.24. The number of ether oxygens (including phenoxy) is 1. The number of rotatable bonds is 5. The van der Waals surface area contributed by atoms with Crippen molar-refractivity contribution in [3.05, 3.63) is 42.0 Å². The van der Waals surface area contributed by atoms with E-state index in [0.29, 0.717) is 5.92 Å². The van der Waals surface area contributed by atoms with Crippen molar-refractivity contribution in [1.82, 2.24) is 0 Å². The average molecular weight is 220 g/mol. The van der Waals surface area contributed by atoms with Crippen LogP contribution in [0.5, 0.6) is 5.75 Å².